The van der Waals surface area contributed by atoms with Gasteiger partial charge in [0.2, 0.25) is 10.0 Å². The second kappa shape index (κ2) is 5.27. The van der Waals surface area contributed by atoms with Gasteiger partial charge in [-0.15, -0.1) is 0 Å². The van der Waals surface area contributed by atoms with Crippen molar-refractivity contribution in [2.24, 2.45) is 0 Å². The van der Waals surface area contributed by atoms with Crippen LogP contribution in [-0.4, -0.2) is 25.3 Å². The molecule has 1 saturated heterocycles. The fourth-order valence-electron chi connectivity index (χ4n) is 2.77. The Morgan fingerprint density at radius 1 is 1.19 bits per heavy atom. The summed E-state index contributed by atoms with van der Waals surface area (Å²) in [7, 11) is -3.50. The monoisotopic (exact) mass is 307 g/mol. The minimum Gasteiger partial charge on any atom is -0.423 e. The number of rotatable bonds is 2. The maximum absolute atomic E-state index is 12.7. The van der Waals surface area contributed by atoms with Gasteiger partial charge < -0.3 is 4.42 Å². The molecule has 1 aliphatic heterocycles. The number of hydrogen-bond donors (Lipinski definition) is 0. The molecule has 1 fully saturated rings. The van der Waals surface area contributed by atoms with Crippen LogP contribution in [0.1, 0.15) is 26.2 Å². The lowest BCUT2D eigenvalue weighted by molar-refractivity contribution is 0.268. The molecule has 0 saturated carbocycles. The molecule has 3 rings (SSSR count). The average molecular weight is 307 g/mol. The van der Waals surface area contributed by atoms with Crippen molar-refractivity contribution < 1.29 is 12.8 Å². The van der Waals surface area contributed by atoms with E-state index in [4.69, 9.17) is 4.42 Å². The molecule has 0 aliphatic carbocycles. The number of hydrogen-bond acceptors (Lipinski definition) is 4. The summed E-state index contributed by atoms with van der Waals surface area (Å²) in [4.78, 5) is 11.4. The first-order chi connectivity index (χ1) is 9.98. The smallest absolute Gasteiger partial charge is 0.336 e. The summed E-state index contributed by atoms with van der Waals surface area (Å²) >= 11 is 0. The zero-order valence-corrected chi connectivity index (χ0v) is 12.6. The summed E-state index contributed by atoms with van der Waals surface area (Å²) in [6.07, 6.45) is 2.85. The summed E-state index contributed by atoms with van der Waals surface area (Å²) in [5, 5.41) is 0.611. The van der Waals surface area contributed by atoms with Crippen LogP contribution < -0.4 is 5.63 Å². The van der Waals surface area contributed by atoms with Crippen molar-refractivity contribution in [2.75, 3.05) is 6.54 Å². The lowest BCUT2D eigenvalue weighted by Gasteiger charge is -2.32. The van der Waals surface area contributed by atoms with Crippen molar-refractivity contribution in [3.8, 4) is 0 Å². The summed E-state index contributed by atoms with van der Waals surface area (Å²) in [6.45, 7) is 2.50. The molecule has 112 valence electrons. The Morgan fingerprint density at radius 2 is 2.00 bits per heavy atom. The maximum Gasteiger partial charge on any atom is 0.336 e. The molecular weight excluding hydrogens is 290 g/mol. The SMILES string of the molecule is C[C@@H]1CCCCN1S(=O)(=O)c1ccc2oc(=O)ccc2c1. The summed E-state index contributed by atoms with van der Waals surface area (Å²) < 4.78 is 32.1. The van der Waals surface area contributed by atoms with Gasteiger partial charge in [-0.05, 0) is 44.0 Å². The molecule has 0 amide bonds. The van der Waals surface area contributed by atoms with Gasteiger partial charge in [0.15, 0.2) is 0 Å². The van der Waals surface area contributed by atoms with Gasteiger partial charge >= 0.3 is 5.63 Å². The Kier molecular flexibility index (Phi) is 3.59. The number of sulfonamides is 1. The van der Waals surface area contributed by atoms with Crippen molar-refractivity contribution in [2.45, 2.75) is 37.1 Å². The van der Waals surface area contributed by atoms with E-state index in [1.165, 1.54) is 18.2 Å². The highest BCUT2D eigenvalue weighted by atomic mass is 32.2. The highest BCUT2D eigenvalue weighted by Gasteiger charge is 2.31. The van der Waals surface area contributed by atoms with Crippen LogP contribution in [0.4, 0.5) is 0 Å². The molecule has 0 spiro atoms. The standard InChI is InChI=1S/C15H17NO4S/c1-11-4-2-3-9-16(11)21(18,19)13-6-7-14-12(10-13)5-8-15(17)20-14/h5-8,10-11H,2-4,9H2,1H3/t11-/m1/s1. The maximum atomic E-state index is 12.7. The van der Waals surface area contributed by atoms with E-state index in [0.717, 1.165) is 19.3 Å². The van der Waals surface area contributed by atoms with Gasteiger partial charge in [0, 0.05) is 24.0 Å². The molecule has 0 unspecified atom stereocenters. The third kappa shape index (κ3) is 2.61. The van der Waals surface area contributed by atoms with E-state index in [1.54, 1.807) is 16.4 Å². The van der Waals surface area contributed by atoms with Crippen molar-refractivity contribution in [1.82, 2.24) is 4.31 Å². The van der Waals surface area contributed by atoms with Crippen LogP contribution >= 0.6 is 0 Å². The van der Waals surface area contributed by atoms with Crippen molar-refractivity contribution in [3.05, 3.63) is 40.8 Å². The lowest BCUT2D eigenvalue weighted by atomic mass is 10.1. The molecule has 2 heterocycles. The molecule has 0 N–H and O–H groups in total. The van der Waals surface area contributed by atoms with E-state index in [-0.39, 0.29) is 10.9 Å². The van der Waals surface area contributed by atoms with Crippen LogP contribution in [0.2, 0.25) is 0 Å². The Bertz CT molecular complexity index is 825. The highest BCUT2D eigenvalue weighted by Crippen LogP contribution is 2.26. The number of fused-ring (bicyclic) bond motifs is 1. The quantitative estimate of drug-likeness (QED) is 0.799. The molecule has 1 atom stereocenters. The Labute approximate surface area is 123 Å². The third-order valence-electron chi connectivity index (χ3n) is 3.94. The van der Waals surface area contributed by atoms with E-state index in [0.29, 0.717) is 17.5 Å². The second-order valence-corrected chi connectivity index (χ2v) is 7.31. The third-order valence-corrected chi connectivity index (χ3v) is 5.95. The summed E-state index contributed by atoms with van der Waals surface area (Å²) in [5.74, 6) is 0. The minimum atomic E-state index is -3.50. The summed E-state index contributed by atoms with van der Waals surface area (Å²) in [6, 6.07) is 7.50. The van der Waals surface area contributed by atoms with Crippen molar-refractivity contribution in [3.63, 3.8) is 0 Å². The lowest BCUT2D eigenvalue weighted by Crippen LogP contribution is -2.41. The van der Waals surface area contributed by atoms with Gasteiger partial charge in [-0.2, -0.15) is 4.31 Å². The van der Waals surface area contributed by atoms with Gasteiger partial charge in [-0.1, -0.05) is 6.42 Å². The van der Waals surface area contributed by atoms with E-state index in [2.05, 4.69) is 0 Å². The predicted octanol–water partition coefficient (Wildman–Crippen LogP) is 2.36. The summed E-state index contributed by atoms with van der Waals surface area (Å²) in [5.41, 5.74) is -0.0455. The fourth-order valence-corrected chi connectivity index (χ4v) is 4.51. The molecule has 6 heteroatoms. The van der Waals surface area contributed by atoms with E-state index < -0.39 is 15.6 Å². The molecule has 1 aliphatic rings. The first kappa shape index (κ1) is 14.3. The van der Waals surface area contributed by atoms with Crippen molar-refractivity contribution >= 4 is 21.0 Å². The average Bonchev–Trinajstić information content (AvgIpc) is 2.47. The van der Waals surface area contributed by atoms with Gasteiger partial charge in [0.05, 0.1) is 4.90 Å². The number of benzene rings is 1. The Balaban J connectivity index is 2.06. The van der Waals surface area contributed by atoms with E-state index in [9.17, 15) is 13.2 Å². The van der Waals surface area contributed by atoms with Crippen LogP contribution in [0.15, 0.2) is 44.4 Å². The molecule has 0 bridgehead atoms. The van der Waals surface area contributed by atoms with E-state index >= 15 is 0 Å². The topological polar surface area (TPSA) is 67.6 Å². The fraction of sp³-hybridized carbons (Fsp3) is 0.400. The van der Waals surface area contributed by atoms with Crippen LogP contribution in [0.3, 0.4) is 0 Å². The van der Waals surface area contributed by atoms with Gasteiger partial charge in [-0.3, -0.25) is 0 Å². The van der Waals surface area contributed by atoms with Gasteiger partial charge in [-0.25, -0.2) is 13.2 Å². The normalized spacial score (nSPS) is 20.7. The molecule has 5 nitrogen and oxygen atoms in total. The van der Waals surface area contributed by atoms with Crippen molar-refractivity contribution in [1.29, 1.82) is 0 Å². The molecule has 0 radical (unpaired) electrons. The predicted molar refractivity (Wildman–Crippen MR) is 79.7 cm³/mol. The number of nitrogens with zero attached hydrogens (tertiary/aromatic N) is 1. The second-order valence-electron chi connectivity index (χ2n) is 5.41. The minimum absolute atomic E-state index is 0.0214. The van der Waals surface area contributed by atoms with E-state index in [1.807, 2.05) is 6.92 Å². The molecule has 1 aromatic carbocycles. The first-order valence-corrected chi connectivity index (χ1v) is 8.48. The van der Waals surface area contributed by atoms with Crippen LogP contribution in [0.5, 0.6) is 0 Å². The van der Waals surface area contributed by atoms with Gasteiger partial charge in [0.1, 0.15) is 5.58 Å². The van der Waals surface area contributed by atoms with Gasteiger partial charge in [0.25, 0.3) is 0 Å². The number of piperidine rings is 1. The van der Waals surface area contributed by atoms with Crippen LogP contribution in [0, 0.1) is 0 Å². The Hall–Kier alpha value is -1.66. The van der Waals surface area contributed by atoms with Crippen LogP contribution in [-0.2, 0) is 10.0 Å². The highest BCUT2D eigenvalue weighted by molar-refractivity contribution is 7.89. The zero-order valence-electron chi connectivity index (χ0n) is 11.8. The van der Waals surface area contributed by atoms with Crippen LogP contribution in [0.25, 0.3) is 11.0 Å². The Morgan fingerprint density at radius 3 is 2.76 bits per heavy atom. The molecule has 2 aromatic rings. The zero-order chi connectivity index (χ0) is 15.0. The molecule has 21 heavy (non-hydrogen) atoms. The first-order valence-electron chi connectivity index (χ1n) is 7.04. The molecule has 1 aromatic heterocycles. The molecular formula is C15H17NO4S. The largest absolute Gasteiger partial charge is 0.423 e.